The molecule has 26 heavy (non-hydrogen) atoms. The van der Waals surface area contributed by atoms with Crippen LogP contribution in [0.15, 0.2) is 42.5 Å². The SMILES string of the molecule is N#Cc1cc([N+](=O)[O-])ccc1N1CCN(C(=O)c2ccc(F)cc2)CC1. The molecule has 1 saturated heterocycles. The molecule has 1 heterocycles. The van der Waals surface area contributed by atoms with Gasteiger partial charge in [0.2, 0.25) is 0 Å². The molecule has 2 aromatic carbocycles. The molecule has 8 heteroatoms. The van der Waals surface area contributed by atoms with Gasteiger partial charge in [-0.1, -0.05) is 0 Å². The van der Waals surface area contributed by atoms with Crippen LogP contribution in [0.25, 0.3) is 0 Å². The number of halogens is 1. The van der Waals surface area contributed by atoms with Crippen LogP contribution < -0.4 is 4.90 Å². The number of hydrogen-bond donors (Lipinski definition) is 0. The molecule has 0 aliphatic carbocycles. The fraction of sp³-hybridized carbons (Fsp3) is 0.222. The average molecular weight is 354 g/mol. The van der Waals surface area contributed by atoms with Gasteiger partial charge in [-0.2, -0.15) is 5.26 Å². The van der Waals surface area contributed by atoms with Crippen LogP contribution in [0.4, 0.5) is 15.8 Å². The van der Waals surface area contributed by atoms with Crippen LogP contribution in [0.1, 0.15) is 15.9 Å². The first-order chi connectivity index (χ1) is 12.5. The molecule has 0 atom stereocenters. The fourth-order valence-corrected chi connectivity index (χ4v) is 2.93. The Bertz CT molecular complexity index is 884. The van der Waals surface area contributed by atoms with Crippen LogP contribution in [0.2, 0.25) is 0 Å². The molecule has 0 saturated carbocycles. The summed E-state index contributed by atoms with van der Waals surface area (Å²) in [5, 5.41) is 20.1. The normalized spacial score (nSPS) is 14.0. The van der Waals surface area contributed by atoms with E-state index in [1.807, 2.05) is 11.0 Å². The number of carbonyl (C=O) groups is 1. The maximum absolute atomic E-state index is 13.0. The lowest BCUT2D eigenvalue weighted by Crippen LogP contribution is -2.49. The summed E-state index contributed by atoms with van der Waals surface area (Å²) in [6.45, 7) is 1.88. The minimum absolute atomic E-state index is 0.129. The Labute approximate surface area is 149 Å². The molecule has 2 aromatic rings. The van der Waals surface area contributed by atoms with Gasteiger partial charge in [0, 0.05) is 43.9 Å². The largest absolute Gasteiger partial charge is 0.367 e. The molecule has 0 radical (unpaired) electrons. The summed E-state index contributed by atoms with van der Waals surface area (Å²) in [5.41, 5.74) is 1.15. The van der Waals surface area contributed by atoms with Gasteiger partial charge in [-0.05, 0) is 30.3 Å². The van der Waals surface area contributed by atoms with Crippen LogP contribution in [0, 0.1) is 27.3 Å². The lowest BCUT2D eigenvalue weighted by Gasteiger charge is -2.36. The highest BCUT2D eigenvalue weighted by molar-refractivity contribution is 5.94. The first-order valence-electron chi connectivity index (χ1n) is 7.98. The number of piperazine rings is 1. The van der Waals surface area contributed by atoms with Crippen molar-refractivity contribution in [2.24, 2.45) is 0 Å². The number of amides is 1. The predicted octanol–water partition coefficient (Wildman–Crippen LogP) is 2.57. The Kier molecular flexibility index (Phi) is 4.80. The fourth-order valence-electron chi connectivity index (χ4n) is 2.93. The van der Waals surface area contributed by atoms with Crippen molar-refractivity contribution in [3.63, 3.8) is 0 Å². The van der Waals surface area contributed by atoms with Gasteiger partial charge in [-0.15, -0.1) is 0 Å². The van der Waals surface area contributed by atoms with E-state index >= 15 is 0 Å². The van der Waals surface area contributed by atoms with Crippen molar-refractivity contribution >= 4 is 17.3 Å². The number of nitro benzene ring substituents is 1. The number of nitrogens with zero attached hydrogens (tertiary/aromatic N) is 4. The molecule has 0 aromatic heterocycles. The van der Waals surface area contributed by atoms with Gasteiger partial charge in [-0.25, -0.2) is 4.39 Å². The lowest BCUT2D eigenvalue weighted by atomic mass is 10.1. The number of nitriles is 1. The van der Waals surface area contributed by atoms with Crippen molar-refractivity contribution in [3.05, 3.63) is 69.5 Å². The van der Waals surface area contributed by atoms with E-state index in [1.54, 1.807) is 11.0 Å². The highest BCUT2D eigenvalue weighted by Gasteiger charge is 2.24. The third kappa shape index (κ3) is 3.47. The molecule has 1 aliphatic rings. The average Bonchev–Trinajstić information content (AvgIpc) is 2.67. The predicted molar refractivity (Wildman–Crippen MR) is 92.3 cm³/mol. The first-order valence-corrected chi connectivity index (χ1v) is 7.98. The zero-order valence-corrected chi connectivity index (χ0v) is 13.8. The van der Waals surface area contributed by atoms with Gasteiger partial charge in [0.05, 0.1) is 16.2 Å². The molecule has 1 fully saturated rings. The van der Waals surface area contributed by atoms with E-state index in [4.69, 9.17) is 0 Å². The van der Waals surface area contributed by atoms with E-state index in [0.717, 1.165) is 0 Å². The molecule has 0 N–H and O–H groups in total. The van der Waals surface area contributed by atoms with Crippen LogP contribution in [-0.4, -0.2) is 41.9 Å². The Morgan fingerprint density at radius 1 is 1.12 bits per heavy atom. The van der Waals surface area contributed by atoms with Gasteiger partial charge < -0.3 is 9.80 Å². The summed E-state index contributed by atoms with van der Waals surface area (Å²) in [4.78, 5) is 26.4. The Balaban J connectivity index is 1.70. The van der Waals surface area contributed by atoms with Crippen molar-refractivity contribution in [2.75, 3.05) is 31.1 Å². The van der Waals surface area contributed by atoms with Crippen molar-refractivity contribution in [1.82, 2.24) is 4.90 Å². The van der Waals surface area contributed by atoms with Crippen molar-refractivity contribution in [3.8, 4) is 6.07 Å². The van der Waals surface area contributed by atoms with Gasteiger partial charge in [0.1, 0.15) is 11.9 Å². The summed E-state index contributed by atoms with van der Waals surface area (Å²) in [5.74, 6) is -0.567. The maximum Gasteiger partial charge on any atom is 0.270 e. The summed E-state index contributed by atoms with van der Waals surface area (Å²) in [6.07, 6.45) is 0. The summed E-state index contributed by atoms with van der Waals surface area (Å²) >= 11 is 0. The molecule has 1 aliphatic heterocycles. The zero-order chi connectivity index (χ0) is 18.7. The van der Waals surface area contributed by atoms with E-state index in [2.05, 4.69) is 0 Å². The summed E-state index contributed by atoms with van der Waals surface area (Å²) in [6, 6.07) is 11.6. The Morgan fingerprint density at radius 3 is 2.35 bits per heavy atom. The minimum Gasteiger partial charge on any atom is -0.367 e. The van der Waals surface area contributed by atoms with Crippen LogP contribution >= 0.6 is 0 Å². The summed E-state index contributed by atoms with van der Waals surface area (Å²) in [7, 11) is 0. The van der Waals surface area contributed by atoms with Gasteiger partial charge >= 0.3 is 0 Å². The highest BCUT2D eigenvalue weighted by atomic mass is 19.1. The standard InChI is InChI=1S/C18H15FN4O3/c19-15-3-1-13(2-4-15)18(24)22-9-7-21(8-10-22)17-6-5-16(23(25)26)11-14(17)12-20/h1-6,11H,7-10H2. The monoisotopic (exact) mass is 354 g/mol. The van der Waals surface area contributed by atoms with Gasteiger partial charge in [0.15, 0.2) is 0 Å². The number of hydrogen-bond acceptors (Lipinski definition) is 5. The Morgan fingerprint density at radius 2 is 1.77 bits per heavy atom. The van der Waals surface area contributed by atoms with Crippen molar-refractivity contribution in [1.29, 1.82) is 5.26 Å². The first kappa shape index (κ1) is 17.4. The van der Waals surface area contributed by atoms with Crippen LogP contribution in [-0.2, 0) is 0 Å². The molecule has 7 nitrogen and oxygen atoms in total. The quantitative estimate of drug-likeness (QED) is 0.624. The van der Waals surface area contributed by atoms with Crippen molar-refractivity contribution in [2.45, 2.75) is 0 Å². The van der Waals surface area contributed by atoms with E-state index < -0.39 is 10.7 Å². The van der Waals surface area contributed by atoms with Gasteiger partial charge in [-0.3, -0.25) is 14.9 Å². The molecule has 132 valence electrons. The number of rotatable bonds is 3. The topological polar surface area (TPSA) is 90.5 Å². The summed E-state index contributed by atoms with van der Waals surface area (Å²) < 4.78 is 13.0. The molecule has 0 bridgehead atoms. The molecular formula is C18H15FN4O3. The van der Waals surface area contributed by atoms with Crippen LogP contribution in [0.5, 0.6) is 0 Å². The molecule has 3 rings (SSSR count). The second kappa shape index (κ2) is 7.19. The van der Waals surface area contributed by atoms with E-state index in [0.29, 0.717) is 37.4 Å². The maximum atomic E-state index is 13.0. The third-order valence-electron chi connectivity index (χ3n) is 4.31. The number of benzene rings is 2. The molecule has 1 amide bonds. The zero-order valence-electron chi connectivity index (χ0n) is 13.8. The highest BCUT2D eigenvalue weighted by Crippen LogP contribution is 2.26. The van der Waals surface area contributed by atoms with Gasteiger partial charge in [0.25, 0.3) is 11.6 Å². The molecular weight excluding hydrogens is 339 g/mol. The number of non-ortho nitro benzene ring substituents is 1. The van der Waals surface area contributed by atoms with E-state index in [-0.39, 0.29) is 17.2 Å². The molecule has 0 spiro atoms. The minimum atomic E-state index is -0.538. The smallest absolute Gasteiger partial charge is 0.270 e. The number of nitro groups is 1. The third-order valence-corrected chi connectivity index (χ3v) is 4.31. The number of anilines is 1. The Hall–Kier alpha value is -3.47. The second-order valence-corrected chi connectivity index (χ2v) is 5.86. The van der Waals surface area contributed by atoms with Crippen LogP contribution in [0.3, 0.4) is 0 Å². The number of carbonyl (C=O) groups excluding carboxylic acids is 1. The van der Waals surface area contributed by atoms with E-state index in [9.17, 15) is 24.6 Å². The van der Waals surface area contributed by atoms with Crippen molar-refractivity contribution < 1.29 is 14.1 Å². The lowest BCUT2D eigenvalue weighted by molar-refractivity contribution is -0.384. The molecule has 0 unspecified atom stereocenters. The van der Waals surface area contributed by atoms with E-state index in [1.165, 1.54) is 36.4 Å². The second-order valence-electron chi connectivity index (χ2n) is 5.86.